The van der Waals surface area contributed by atoms with Gasteiger partial charge in [0.1, 0.15) is 0 Å². The zero-order chi connectivity index (χ0) is 14.9. The average molecular weight is 295 g/mol. The van der Waals surface area contributed by atoms with Crippen LogP contribution in [0.1, 0.15) is 18.5 Å². The predicted octanol–water partition coefficient (Wildman–Crippen LogP) is 0.281. The molecule has 7 heteroatoms. The number of guanidine groups is 1. The summed E-state index contributed by atoms with van der Waals surface area (Å²) in [5.41, 5.74) is 1.11. The summed E-state index contributed by atoms with van der Waals surface area (Å²) in [5.74, 6) is 0.792. The molecular weight excluding hydrogens is 270 g/mol. The van der Waals surface area contributed by atoms with Crippen LogP contribution in [0.5, 0.6) is 0 Å². The molecule has 1 unspecified atom stereocenters. The Morgan fingerprint density at radius 2 is 2.48 bits per heavy atom. The van der Waals surface area contributed by atoms with Gasteiger partial charge < -0.3 is 20.1 Å². The van der Waals surface area contributed by atoms with E-state index in [0.29, 0.717) is 6.54 Å². The summed E-state index contributed by atoms with van der Waals surface area (Å²) in [4.78, 5) is 4.20. The van der Waals surface area contributed by atoms with Gasteiger partial charge >= 0.3 is 0 Å². The van der Waals surface area contributed by atoms with Gasteiger partial charge in [-0.2, -0.15) is 5.10 Å². The fraction of sp³-hybridized carbons (Fsp3) is 0.714. The van der Waals surface area contributed by atoms with Crippen molar-refractivity contribution in [3.8, 4) is 0 Å². The normalized spacial score (nSPS) is 19.0. The van der Waals surface area contributed by atoms with Gasteiger partial charge in [0.15, 0.2) is 5.96 Å². The van der Waals surface area contributed by atoms with Crippen molar-refractivity contribution in [2.45, 2.75) is 25.5 Å². The van der Waals surface area contributed by atoms with E-state index in [-0.39, 0.29) is 6.10 Å². The van der Waals surface area contributed by atoms with Gasteiger partial charge in [-0.1, -0.05) is 0 Å². The number of ether oxygens (including phenoxy) is 2. The van der Waals surface area contributed by atoms with Crippen LogP contribution in [0.3, 0.4) is 0 Å². The van der Waals surface area contributed by atoms with E-state index in [1.54, 1.807) is 13.2 Å². The summed E-state index contributed by atoms with van der Waals surface area (Å²) in [5, 5.41) is 10.7. The van der Waals surface area contributed by atoms with E-state index in [4.69, 9.17) is 9.47 Å². The number of aromatic nitrogens is 2. The summed E-state index contributed by atoms with van der Waals surface area (Å²) in [6.07, 6.45) is 4.04. The lowest BCUT2D eigenvalue weighted by atomic mass is 10.3. The highest BCUT2D eigenvalue weighted by molar-refractivity contribution is 5.79. The van der Waals surface area contributed by atoms with E-state index in [1.165, 1.54) is 0 Å². The molecule has 2 N–H and O–H groups in total. The second-order valence-electron chi connectivity index (χ2n) is 5.01. The number of rotatable bonds is 7. The van der Waals surface area contributed by atoms with Crippen molar-refractivity contribution in [1.82, 2.24) is 20.4 Å². The lowest BCUT2D eigenvalue weighted by Gasteiger charge is -2.13. The maximum Gasteiger partial charge on any atom is 0.191 e. The van der Waals surface area contributed by atoms with Crippen molar-refractivity contribution in [2.24, 2.45) is 12.0 Å². The number of nitrogens with zero attached hydrogens (tertiary/aromatic N) is 3. The first-order chi connectivity index (χ1) is 10.3. The number of hydrogen-bond donors (Lipinski definition) is 2. The molecule has 2 heterocycles. The second kappa shape index (κ2) is 8.63. The minimum absolute atomic E-state index is 0.285. The molecule has 1 aromatic rings. The molecule has 0 bridgehead atoms. The zero-order valence-corrected chi connectivity index (χ0v) is 12.8. The highest BCUT2D eigenvalue weighted by Crippen LogP contribution is 2.07. The summed E-state index contributed by atoms with van der Waals surface area (Å²) in [6.45, 7) is 3.85. The second-order valence-corrected chi connectivity index (χ2v) is 5.01. The molecule has 7 nitrogen and oxygen atoms in total. The molecule has 21 heavy (non-hydrogen) atoms. The number of aryl methyl sites for hydroxylation is 1. The predicted molar refractivity (Wildman–Crippen MR) is 81.2 cm³/mol. The molecule has 0 saturated carbocycles. The SMILES string of the molecule is CN=C(NCCCOC1CCOC1)NCc1ccnn1C. The molecule has 0 spiro atoms. The van der Waals surface area contributed by atoms with Crippen molar-refractivity contribution < 1.29 is 9.47 Å². The lowest BCUT2D eigenvalue weighted by Crippen LogP contribution is -2.38. The van der Waals surface area contributed by atoms with Crippen molar-refractivity contribution >= 4 is 5.96 Å². The third-order valence-electron chi connectivity index (χ3n) is 3.44. The fourth-order valence-corrected chi connectivity index (χ4v) is 2.14. The van der Waals surface area contributed by atoms with E-state index in [1.807, 2.05) is 17.8 Å². The minimum atomic E-state index is 0.285. The maximum absolute atomic E-state index is 5.72. The molecule has 0 amide bonds. The molecule has 1 saturated heterocycles. The van der Waals surface area contributed by atoms with E-state index in [9.17, 15) is 0 Å². The van der Waals surface area contributed by atoms with E-state index in [2.05, 4.69) is 20.7 Å². The van der Waals surface area contributed by atoms with Crippen LogP contribution in [-0.4, -0.2) is 55.3 Å². The molecule has 0 aliphatic carbocycles. The van der Waals surface area contributed by atoms with Crippen LogP contribution in [0.4, 0.5) is 0 Å². The third-order valence-corrected chi connectivity index (χ3v) is 3.44. The van der Waals surface area contributed by atoms with Crippen molar-refractivity contribution in [1.29, 1.82) is 0 Å². The van der Waals surface area contributed by atoms with Crippen LogP contribution in [0.2, 0.25) is 0 Å². The van der Waals surface area contributed by atoms with Gasteiger partial charge in [0, 0.05) is 40.1 Å². The molecule has 118 valence electrons. The smallest absolute Gasteiger partial charge is 0.191 e. The number of hydrogen-bond acceptors (Lipinski definition) is 4. The van der Waals surface area contributed by atoms with E-state index in [0.717, 1.165) is 50.9 Å². The Morgan fingerprint density at radius 3 is 3.14 bits per heavy atom. The highest BCUT2D eigenvalue weighted by atomic mass is 16.5. The molecule has 2 rings (SSSR count). The Bertz CT molecular complexity index is 440. The van der Waals surface area contributed by atoms with Gasteiger partial charge in [-0.25, -0.2) is 0 Å². The molecule has 1 aromatic heterocycles. The van der Waals surface area contributed by atoms with Crippen molar-refractivity contribution in [2.75, 3.05) is 33.4 Å². The van der Waals surface area contributed by atoms with E-state index < -0.39 is 0 Å². The Hall–Kier alpha value is -1.60. The van der Waals surface area contributed by atoms with Gasteiger partial charge in [-0.15, -0.1) is 0 Å². The maximum atomic E-state index is 5.72. The Morgan fingerprint density at radius 1 is 1.57 bits per heavy atom. The molecule has 0 aromatic carbocycles. The molecule has 1 atom stereocenters. The standard InChI is InChI=1S/C14H25N5O2/c1-15-14(17-10-12-4-7-18-19(12)2)16-6-3-8-21-13-5-9-20-11-13/h4,7,13H,3,5-6,8-11H2,1-2H3,(H2,15,16,17). The van der Waals surface area contributed by atoms with Gasteiger partial charge in [-0.3, -0.25) is 9.67 Å². The number of nitrogens with one attached hydrogen (secondary N) is 2. The topological polar surface area (TPSA) is 72.7 Å². The molecule has 0 radical (unpaired) electrons. The Labute approximate surface area is 125 Å². The fourth-order valence-electron chi connectivity index (χ4n) is 2.14. The van der Waals surface area contributed by atoms with Crippen molar-refractivity contribution in [3.05, 3.63) is 18.0 Å². The summed E-state index contributed by atoms with van der Waals surface area (Å²) >= 11 is 0. The van der Waals surface area contributed by atoms with Crippen LogP contribution in [0.25, 0.3) is 0 Å². The van der Waals surface area contributed by atoms with Crippen LogP contribution >= 0.6 is 0 Å². The zero-order valence-electron chi connectivity index (χ0n) is 12.8. The van der Waals surface area contributed by atoms with Gasteiger partial charge in [0.05, 0.1) is 24.9 Å². The van der Waals surface area contributed by atoms with Gasteiger partial charge in [0.25, 0.3) is 0 Å². The first-order valence-corrected chi connectivity index (χ1v) is 7.40. The quantitative estimate of drug-likeness (QED) is 0.429. The molecule has 1 aliphatic heterocycles. The van der Waals surface area contributed by atoms with Crippen molar-refractivity contribution in [3.63, 3.8) is 0 Å². The number of aliphatic imine (C=N–C) groups is 1. The first-order valence-electron chi connectivity index (χ1n) is 7.40. The molecule has 1 aliphatic rings. The minimum Gasteiger partial charge on any atom is -0.379 e. The van der Waals surface area contributed by atoms with Crippen LogP contribution in [-0.2, 0) is 23.1 Å². The van der Waals surface area contributed by atoms with Crippen LogP contribution in [0, 0.1) is 0 Å². The molecular formula is C14H25N5O2. The molecule has 1 fully saturated rings. The summed E-state index contributed by atoms with van der Waals surface area (Å²) in [7, 11) is 3.70. The largest absolute Gasteiger partial charge is 0.379 e. The Kier molecular flexibility index (Phi) is 6.49. The van der Waals surface area contributed by atoms with E-state index >= 15 is 0 Å². The van der Waals surface area contributed by atoms with Gasteiger partial charge in [-0.05, 0) is 18.9 Å². The summed E-state index contributed by atoms with van der Waals surface area (Å²) < 4.78 is 12.8. The lowest BCUT2D eigenvalue weighted by molar-refractivity contribution is 0.0420. The third kappa shape index (κ3) is 5.35. The highest BCUT2D eigenvalue weighted by Gasteiger charge is 2.15. The first kappa shape index (κ1) is 15.8. The summed E-state index contributed by atoms with van der Waals surface area (Å²) in [6, 6.07) is 1.98. The Balaban J connectivity index is 1.56. The van der Waals surface area contributed by atoms with Gasteiger partial charge in [0.2, 0.25) is 0 Å². The van der Waals surface area contributed by atoms with Crippen LogP contribution < -0.4 is 10.6 Å². The monoisotopic (exact) mass is 295 g/mol. The average Bonchev–Trinajstić information content (AvgIpc) is 3.14. The van der Waals surface area contributed by atoms with Crippen LogP contribution in [0.15, 0.2) is 17.3 Å².